The van der Waals surface area contributed by atoms with Crippen molar-refractivity contribution >= 4 is 23.2 Å². The van der Waals surface area contributed by atoms with Gasteiger partial charge in [-0.15, -0.1) is 0 Å². The van der Waals surface area contributed by atoms with E-state index < -0.39 is 23.1 Å². The van der Waals surface area contributed by atoms with Crippen molar-refractivity contribution in [3.8, 4) is 17.2 Å². The summed E-state index contributed by atoms with van der Waals surface area (Å²) < 4.78 is 21.5. The van der Waals surface area contributed by atoms with Crippen molar-refractivity contribution in [2.45, 2.75) is 18.9 Å². The van der Waals surface area contributed by atoms with Crippen molar-refractivity contribution in [3.63, 3.8) is 0 Å². The van der Waals surface area contributed by atoms with Crippen LogP contribution in [0.3, 0.4) is 0 Å². The molecule has 0 unspecified atom stereocenters. The van der Waals surface area contributed by atoms with Crippen LogP contribution in [-0.4, -0.2) is 38.5 Å². The molecule has 0 radical (unpaired) electrons. The Labute approximate surface area is 144 Å². The Morgan fingerprint density at radius 1 is 1.17 bits per heavy atom. The molecule has 24 heavy (non-hydrogen) atoms. The third-order valence-electron chi connectivity index (χ3n) is 4.54. The first kappa shape index (κ1) is 16.6. The van der Waals surface area contributed by atoms with Crippen LogP contribution < -0.4 is 14.2 Å². The number of rotatable bonds is 3. The molecule has 0 bridgehead atoms. The third-order valence-corrected chi connectivity index (χ3v) is 4.90. The van der Waals surface area contributed by atoms with E-state index in [2.05, 4.69) is 0 Å². The fraction of sp³-hybridized carbons (Fsp3) is 0.412. The number of carbonyl (C=O) groups excluding carboxylic acids is 2. The molecule has 0 saturated carbocycles. The number of methoxy groups -OCH3 is 3. The summed E-state index contributed by atoms with van der Waals surface area (Å²) in [6, 6.07) is 1.51. The van der Waals surface area contributed by atoms with Crippen LogP contribution in [0.25, 0.3) is 0 Å². The van der Waals surface area contributed by atoms with E-state index in [1.54, 1.807) is 6.92 Å². The Morgan fingerprint density at radius 2 is 1.83 bits per heavy atom. The summed E-state index contributed by atoms with van der Waals surface area (Å²) in [5.41, 5.74) is -1.48. The summed E-state index contributed by atoms with van der Waals surface area (Å²) in [4.78, 5) is 25.9. The van der Waals surface area contributed by atoms with Crippen LogP contribution in [0.2, 0.25) is 5.02 Å². The summed E-state index contributed by atoms with van der Waals surface area (Å²) in [6.07, 6.45) is 1.71. The van der Waals surface area contributed by atoms with E-state index in [1.807, 2.05) is 0 Å². The number of halogens is 1. The zero-order chi connectivity index (χ0) is 17.6. The highest BCUT2D eigenvalue weighted by Crippen LogP contribution is 2.52. The smallest absolute Gasteiger partial charge is 0.236 e. The SMILES string of the molecule is COC1=CC(=O)[C@]2(Oc3c(Cl)c(OC)cc(OC)c3C2=O)[C@H](C)C1. The van der Waals surface area contributed by atoms with Gasteiger partial charge in [0.15, 0.2) is 5.75 Å². The molecule has 0 amide bonds. The van der Waals surface area contributed by atoms with Crippen molar-refractivity contribution in [3.05, 3.63) is 28.5 Å². The van der Waals surface area contributed by atoms with Gasteiger partial charge in [0.05, 0.1) is 27.1 Å². The standard InChI is InChI=1S/C17H17ClO6/c1-8-5-9(21-2)6-12(19)17(8)16(20)13-10(22-3)7-11(23-4)14(18)15(13)24-17/h6-8H,5H2,1-4H3/t8-,17-/m1/s1. The summed E-state index contributed by atoms with van der Waals surface area (Å²) in [5.74, 6) is -0.139. The van der Waals surface area contributed by atoms with Gasteiger partial charge in [0.2, 0.25) is 17.2 Å². The molecular formula is C17H17ClO6. The molecule has 0 saturated heterocycles. The second-order valence-corrected chi connectivity index (χ2v) is 6.13. The minimum atomic E-state index is -1.65. The largest absolute Gasteiger partial charge is 0.501 e. The number of fused-ring (bicyclic) bond motifs is 1. The van der Waals surface area contributed by atoms with Gasteiger partial charge < -0.3 is 18.9 Å². The number of benzene rings is 1. The zero-order valence-corrected chi connectivity index (χ0v) is 14.5. The van der Waals surface area contributed by atoms with Gasteiger partial charge in [-0.2, -0.15) is 0 Å². The summed E-state index contributed by atoms with van der Waals surface area (Å²) >= 11 is 6.29. The second-order valence-electron chi connectivity index (χ2n) is 5.75. The predicted molar refractivity (Wildman–Crippen MR) is 86.1 cm³/mol. The molecule has 2 aliphatic rings. The monoisotopic (exact) mass is 352 g/mol. The molecule has 1 aliphatic carbocycles. The first-order valence-corrected chi connectivity index (χ1v) is 7.75. The van der Waals surface area contributed by atoms with Gasteiger partial charge >= 0.3 is 0 Å². The van der Waals surface area contributed by atoms with E-state index in [1.165, 1.54) is 33.5 Å². The molecule has 1 heterocycles. The van der Waals surface area contributed by atoms with Crippen molar-refractivity contribution in [1.29, 1.82) is 0 Å². The Balaban J connectivity index is 2.20. The fourth-order valence-corrected chi connectivity index (χ4v) is 3.50. The molecular weight excluding hydrogens is 336 g/mol. The summed E-state index contributed by atoms with van der Waals surface area (Å²) in [7, 11) is 4.36. The minimum Gasteiger partial charge on any atom is -0.501 e. The van der Waals surface area contributed by atoms with Gasteiger partial charge in [-0.3, -0.25) is 9.59 Å². The lowest BCUT2D eigenvalue weighted by Gasteiger charge is -2.34. The van der Waals surface area contributed by atoms with Gasteiger partial charge in [0, 0.05) is 24.5 Å². The molecule has 6 nitrogen and oxygen atoms in total. The first-order chi connectivity index (χ1) is 11.4. The normalized spacial score (nSPS) is 25.2. The molecule has 1 aromatic rings. The van der Waals surface area contributed by atoms with Gasteiger partial charge in [-0.05, 0) is 0 Å². The number of hydrogen-bond acceptors (Lipinski definition) is 6. The fourth-order valence-electron chi connectivity index (χ4n) is 3.23. The zero-order valence-electron chi connectivity index (χ0n) is 13.8. The number of Topliss-reactive ketones (excluding diaryl/α,β-unsaturated/α-hetero) is 1. The van der Waals surface area contributed by atoms with E-state index in [4.69, 9.17) is 30.5 Å². The van der Waals surface area contributed by atoms with Crippen molar-refractivity contribution < 1.29 is 28.5 Å². The molecule has 1 aromatic carbocycles. The number of hydrogen-bond donors (Lipinski definition) is 0. The van der Waals surface area contributed by atoms with Crippen LogP contribution >= 0.6 is 11.6 Å². The number of ether oxygens (including phenoxy) is 4. The summed E-state index contributed by atoms with van der Waals surface area (Å²) in [6.45, 7) is 1.77. The highest BCUT2D eigenvalue weighted by Gasteiger charge is 2.60. The van der Waals surface area contributed by atoms with Crippen LogP contribution in [0, 0.1) is 5.92 Å². The third kappa shape index (κ3) is 2.02. The molecule has 7 heteroatoms. The van der Waals surface area contributed by atoms with Gasteiger partial charge in [0.25, 0.3) is 0 Å². The molecule has 3 rings (SSSR count). The lowest BCUT2D eigenvalue weighted by molar-refractivity contribution is -0.129. The van der Waals surface area contributed by atoms with Crippen molar-refractivity contribution in [2.24, 2.45) is 5.92 Å². The van der Waals surface area contributed by atoms with Crippen LogP contribution in [0.15, 0.2) is 17.9 Å². The molecule has 1 spiro atoms. The van der Waals surface area contributed by atoms with E-state index >= 15 is 0 Å². The van der Waals surface area contributed by atoms with Crippen LogP contribution in [0.4, 0.5) is 0 Å². The van der Waals surface area contributed by atoms with Crippen molar-refractivity contribution in [1.82, 2.24) is 0 Å². The van der Waals surface area contributed by atoms with E-state index in [-0.39, 0.29) is 22.1 Å². The Kier molecular flexibility index (Phi) is 3.95. The van der Waals surface area contributed by atoms with Crippen molar-refractivity contribution in [2.75, 3.05) is 21.3 Å². The topological polar surface area (TPSA) is 71.1 Å². The van der Waals surface area contributed by atoms with Crippen LogP contribution in [0.1, 0.15) is 23.7 Å². The molecule has 1 aliphatic heterocycles. The molecule has 2 atom stereocenters. The van der Waals surface area contributed by atoms with Gasteiger partial charge in [-0.1, -0.05) is 18.5 Å². The molecule has 0 N–H and O–H groups in total. The Morgan fingerprint density at radius 3 is 2.38 bits per heavy atom. The summed E-state index contributed by atoms with van der Waals surface area (Å²) in [5, 5.41) is 0.139. The van der Waals surface area contributed by atoms with E-state index in [9.17, 15) is 9.59 Å². The maximum atomic E-state index is 13.1. The maximum absolute atomic E-state index is 13.1. The average molecular weight is 353 g/mol. The lowest BCUT2D eigenvalue weighted by atomic mass is 9.75. The molecule has 128 valence electrons. The Bertz CT molecular complexity index is 769. The minimum absolute atomic E-state index is 0.118. The van der Waals surface area contributed by atoms with Crippen LogP contribution in [0.5, 0.6) is 17.2 Å². The predicted octanol–water partition coefficient (Wildman–Crippen LogP) is 2.81. The number of allylic oxidation sites excluding steroid dienone is 1. The quantitative estimate of drug-likeness (QED) is 0.779. The number of carbonyl (C=O) groups is 2. The first-order valence-electron chi connectivity index (χ1n) is 7.38. The van der Waals surface area contributed by atoms with E-state index in [0.717, 1.165) is 0 Å². The van der Waals surface area contributed by atoms with Crippen LogP contribution in [-0.2, 0) is 9.53 Å². The molecule has 0 aromatic heterocycles. The maximum Gasteiger partial charge on any atom is 0.236 e. The average Bonchev–Trinajstić information content (AvgIpc) is 2.88. The van der Waals surface area contributed by atoms with Gasteiger partial charge in [-0.25, -0.2) is 0 Å². The molecule has 0 fully saturated rings. The van der Waals surface area contributed by atoms with Gasteiger partial charge in [0.1, 0.15) is 22.1 Å². The highest BCUT2D eigenvalue weighted by molar-refractivity contribution is 6.36. The lowest BCUT2D eigenvalue weighted by Crippen LogP contribution is -2.54. The van der Waals surface area contributed by atoms with E-state index in [0.29, 0.717) is 17.9 Å². The Hall–Kier alpha value is -2.21. The number of ketones is 2. The highest BCUT2D eigenvalue weighted by atomic mass is 35.5. The second kappa shape index (κ2) is 5.70.